The van der Waals surface area contributed by atoms with E-state index in [1.807, 2.05) is 6.20 Å². The van der Waals surface area contributed by atoms with Crippen LogP contribution in [0, 0.1) is 19.8 Å². The van der Waals surface area contributed by atoms with E-state index in [0.29, 0.717) is 5.92 Å². The summed E-state index contributed by atoms with van der Waals surface area (Å²) in [6.45, 7) is 9.80. The molecule has 0 aliphatic carbocycles. The van der Waals surface area contributed by atoms with Crippen molar-refractivity contribution in [1.82, 2.24) is 19.4 Å². The zero-order chi connectivity index (χ0) is 18.3. The molecule has 5 heterocycles. The van der Waals surface area contributed by atoms with Gasteiger partial charge in [0.2, 0.25) is 0 Å². The van der Waals surface area contributed by atoms with Gasteiger partial charge in [0.15, 0.2) is 0 Å². The Morgan fingerprint density at radius 1 is 1.19 bits per heavy atom. The summed E-state index contributed by atoms with van der Waals surface area (Å²) < 4.78 is 2.22. The van der Waals surface area contributed by atoms with E-state index in [4.69, 9.17) is 0 Å². The van der Waals surface area contributed by atoms with Crippen LogP contribution < -0.4 is 4.90 Å². The molecular weight excluding hydrogens is 326 g/mol. The van der Waals surface area contributed by atoms with Gasteiger partial charge in [-0.05, 0) is 45.6 Å². The third kappa shape index (κ3) is 2.87. The molecule has 0 unspecified atom stereocenters. The normalized spacial score (nSPS) is 22.6. The van der Waals surface area contributed by atoms with Crippen LogP contribution in [-0.4, -0.2) is 51.0 Å². The first kappa shape index (κ1) is 17.1. The maximum absolute atomic E-state index is 13.4. The average Bonchev–Trinajstić information content (AvgIpc) is 2.84. The highest BCUT2D eigenvalue weighted by Crippen LogP contribution is 2.31. The van der Waals surface area contributed by atoms with Gasteiger partial charge >= 0.3 is 0 Å². The molecule has 5 rings (SSSR count). The van der Waals surface area contributed by atoms with Crippen LogP contribution in [0.4, 0.5) is 5.82 Å². The van der Waals surface area contributed by atoms with Gasteiger partial charge in [-0.15, -0.1) is 0 Å². The molecule has 2 aromatic rings. The van der Waals surface area contributed by atoms with Crippen molar-refractivity contribution in [2.75, 3.05) is 24.5 Å². The first-order chi connectivity index (χ1) is 12.6. The van der Waals surface area contributed by atoms with Gasteiger partial charge in [0, 0.05) is 56.0 Å². The van der Waals surface area contributed by atoms with E-state index in [9.17, 15) is 4.79 Å². The third-order valence-corrected chi connectivity index (χ3v) is 5.97. The highest BCUT2D eigenvalue weighted by Gasteiger charge is 2.38. The number of nitrogens with zero attached hydrogens (tertiary/aromatic N) is 5. The minimum Gasteiger partial charge on any atom is -0.353 e. The number of piperidine rings is 1. The van der Waals surface area contributed by atoms with E-state index in [1.165, 1.54) is 6.42 Å². The molecular formula is C20H27N5O. The molecule has 0 N–H and O–H groups in total. The SMILES string of the molecule is CCn1c(C)cc(C(=O)N2C[C@H]3CC[C@@H]2CN(c2cnccn2)C3)c1C. The lowest BCUT2D eigenvalue weighted by molar-refractivity contribution is 0.0591. The van der Waals surface area contributed by atoms with Gasteiger partial charge < -0.3 is 14.4 Å². The van der Waals surface area contributed by atoms with E-state index in [0.717, 1.165) is 55.4 Å². The predicted octanol–water partition coefficient (Wildman–Crippen LogP) is 2.66. The van der Waals surface area contributed by atoms with Crippen molar-refractivity contribution in [3.8, 4) is 0 Å². The van der Waals surface area contributed by atoms with Gasteiger partial charge in [0.05, 0.1) is 11.8 Å². The van der Waals surface area contributed by atoms with Crippen LogP contribution in [0.25, 0.3) is 0 Å². The van der Waals surface area contributed by atoms with Crippen molar-refractivity contribution < 1.29 is 4.79 Å². The monoisotopic (exact) mass is 353 g/mol. The molecule has 138 valence electrons. The van der Waals surface area contributed by atoms with Gasteiger partial charge in [-0.3, -0.25) is 9.78 Å². The molecule has 3 saturated heterocycles. The maximum Gasteiger partial charge on any atom is 0.256 e. The molecule has 26 heavy (non-hydrogen) atoms. The summed E-state index contributed by atoms with van der Waals surface area (Å²) in [5.74, 6) is 1.60. The molecule has 1 amide bonds. The number of fused-ring (bicyclic) bond motifs is 4. The van der Waals surface area contributed by atoms with Gasteiger partial charge in [-0.25, -0.2) is 4.98 Å². The topological polar surface area (TPSA) is 54.3 Å². The number of aryl methyl sites for hydroxylation is 1. The molecule has 6 heteroatoms. The Bertz CT molecular complexity index is 800. The smallest absolute Gasteiger partial charge is 0.256 e. The number of hydrogen-bond acceptors (Lipinski definition) is 4. The van der Waals surface area contributed by atoms with Gasteiger partial charge in [-0.2, -0.15) is 0 Å². The summed E-state index contributed by atoms with van der Waals surface area (Å²) in [6.07, 6.45) is 7.52. The van der Waals surface area contributed by atoms with Crippen molar-refractivity contribution in [2.24, 2.45) is 5.92 Å². The van der Waals surface area contributed by atoms with Crippen molar-refractivity contribution in [2.45, 2.75) is 46.2 Å². The number of aromatic nitrogens is 3. The lowest BCUT2D eigenvalue weighted by atomic mass is 9.94. The maximum atomic E-state index is 13.4. The van der Waals surface area contributed by atoms with Crippen LogP contribution in [0.15, 0.2) is 24.7 Å². The second-order valence-electron chi connectivity index (χ2n) is 7.55. The molecule has 2 atom stereocenters. The summed E-state index contributed by atoms with van der Waals surface area (Å²) in [4.78, 5) is 26.4. The molecule has 2 bridgehead atoms. The molecule has 3 aliphatic rings. The van der Waals surface area contributed by atoms with E-state index in [2.05, 4.69) is 51.2 Å². The number of anilines is 1. The van der Waals surface area contributed by atoms with Gasteiger partial charge in [-0.1, -0.05) is 0 Å². The van der Waals surface area contributed by atoms with Crippen LogP contribution in [0.3, 0.4) is 0 Å². The number of amides is 1. The lowest BCUT2D eigenvalue weighted by Gasteiger charge is -2.36. The van der Waals surface area contributed by atoms with Crippen molar-refractivity contribution in [3.05, 3.63) is 41.6 Å². The number of hydrogen-bond donors (Lipinski definition) is 0. The average molecular weight is 353 g/mol. The third-order valence-electron chi connectivity index (χ3n) is 5.97. The molecule has 0 aromatic carbocycles. The van der Waals surface area contributed by atoms with E-state index in [-0.39, 0.29) is 11.9 Å². The van der Waals surface area contributed by atoms with Crippen LogP contribution in [0.2, 0.25) is 0 Å². The Labute approximate surface area is 154 Å². The fraction of sp³-hybridized carbons (Fsp3) is 0.550. The van der Waals surface area contributed by atoms with Crippen molar-refractivity contribution >= 4 is 11.7 Å². The highest BCUT2D eigenvalue weighted by molar-refractivity contribution is 5.96. The Morgan fingerprint density at radius 3 is 2.73 bits per heavy atom. The summed E-state index contributed by atoms with van der Waals surface area (Å²) in [5.41, 5.74) is 3.11. The zero-order valence-electron chi connectivity index (χ0n) is 15.9. The fourth-order valence-corrected chi connectivity index (χ4v) is 4.63. The summed E-state index contributed by atoms with van der Waals surface area (Å²) >= 11 is 0. The van der Waals surface area contributed by atoms with Crippen molar-refractivity contribution in [1.29, 1.82) is 0 Å². The number of carbonyl (C=O) groups excluding carboxylic acids is 1. The van der Waals surface area contributed by atoms with Crippen LogP contribution in [0.1, 0.15) is 41.5 Å². The largest absolute Gasteiger partial charge is 0.353 e. The Morgan fingerprint density at radius 2 is 2.04 bits per heavy atom. The molecule has 3 aliphatic heterocycles. The Balaban J connectivity index is 1.60. The number of rotatable bonds is 3. The first-order valence-corrected chi connectivity index (χ1v) is 9.57. The van der Waals surface area contributed by atoms with Gasteiger partial charge in [0.25, 0.3) is 5.91 Å². The Hall–Kier alpha value is -2.37. The van der Waals surface area contributed by atoms with Crippen LogP contribution in [-0.2, 0) is 6.54 Å². The first-order valence-electron chi connectivity index (χ1n) is 9.57. The second-order valence-corrected chi connectivity index (χ2v) is 7.55. The molecule has 0 saturated carbocycles. The lowest BCUT2D eigenvalue weighted by Crippen LogP contribution is -2.47. The number of carbonyl (C=O) groups is 1. The van der Waals surface area contributed by atoms with Crippen LogP contribution in [0.5, 0.6) is 0 Å². The van der Waals surface area contributed by atoms with Crippen LogP contribution >= 0.6 is 0 Å². The van der Waals surface area contributed by atoms with E-state index in [1.54, 1.807) is 12.4 Å². The second kappa shape index (κ2) is 6.74. The quantitative estimate of drug-likeness (QED) is 0.851. The summed E-state index contributed by atoms with van der Waals surface area (Å²) in [5, 5.41) is 0. The summed E-state index contributed by atoms with van der Waals surface area (Å²) in [6, 6.07) is 2.30. The van der Waals surface area contributed by atoms with E-state index < -0.39 is 0 Å². The standard InChI is InChI=1S/C20H27N5O/c1-4-24-14(2)9-18(15(24)3)20(26)25-12-16-5-6-17(25)13-23(11-16)19-10-21-7-8-22-19/h7-10,16-17H,4-6,11-13H2,1-3H3/t16-,17+/m0/s1. The Kier molecular flexibility index (Phi) is 4.42. The molecule has 2 aromatic heterocycles. The van der Waals surface area contributed by atoms with Gasteiger partial charge in [0.1, 0.15) is 5.82 Å². The zero-order valence-corrected chi connectivity index (χ0v) is 15.9. The molecule has 3 fully saturated rings. The van der Waals surface area contributed by atoms with Crippen molar-refractivity contribution in [3.63, 3.8) is 0 Å². The predicted molar refractivity (Wildman–Crippen MR) is 101 cm³/mol. The summed E-state index contributed by atoms with van der Waals surface area (Å²) in [7, 11) is 0. The van der Waals surface area contributed by atoms with E-state index >= 15 is 0 Å². The highest BCUT2D eigenvalue weighted by atomic mass is 16.2. The molecule has 0 radical (unpaired) electrons. The fourth-order valence-electron chi connectivity index (χ4n) is 4.63. The molecule has 0 spiro atoms. The molecule has 6 nitrogen and oxygen atoms in total. The minimum absolute atomic E-state index is 0.188. The minimum atomic E-state index is 0.188.